The van der Waals surface area contributed by atoms with E-state index in [1.54, 1.807) is 30.3 Å². The quantitative estimate of drug-likeness (QED) is 0.576. The van der Waals surface area contributed by atoms with E-state index in [1.165, 1.54) is 24.3 Å². The van der Waals surface area contributed by atoms with E-state index in [4.69, 9.17) is 11.0 Å². The zero-order chi connectivity index (χ0) is 19.9. The number of nitrogens with one attached hydrogen (secondary N) is 2. The molecule has 2 rings (SSSR count). The molecule has 9 heteroatoms. The highest BCUT2D eigenvalue weighted by Crippen LogP contribution is 2.15. The van der Waals surface area contributed by atoms with Crippen molar-refractivity contribution in [2.24, 2.45) is 5.73 Å². The molecule has 2 amide bonds. The van der Waals surface area contributed by atoms with E-state index < -0.39 is 27.9 Å². The highest BCUT2D eigenvalue weighted by atomic mass is 32.2. The Hall–Kier alpha value is -3.22. The first-order valence-corrected chi connectivity index (χ1v) is 9.45. The van der Waals surface area contributed by atoms with E-state index in [-0.39, 0.29) is 23.4 Å². The Labute approximate surface area is 157 Å². The smallest absolute Gasteiger partial charge is 0.252 e. The van der Waals surface area contributed by atoms with Crippen molar-refractivity contribution in [3.63, 3.8) is 0 Å². The second-order valence-electron chi connectivity index (χ2n) is 5.55. The Balaban J connectivity index is 2.13. The lowest BCUT2D eigenvalue weighted by molar-refractivity contribution is -0.120. The molecule has 8 nitrogen and oxygen atoms in total. The highest BCUT2D eigenvalue weighted by Gasteiger charge is 2.21. The predicted molar refractivity (Wildman–Crippen MR) is 97.7 cm³/mol. The van der Waals surface area contributed by atoms with Crippen LogP contribution in [0, 0.1) is 11.3 Å². The van der Waals surface area contributed by atoms with Crippen LogP contribution in [0.15, 0.2) is 59.5 Å². The van der Waals surface area contributed by atoms with E-state index in [9.17, 15) is 18.0 Å². The number of benzene rings is 2. The number of rotatable bonds is 8. The van der Waals surface area contributed by atoms with Gasteiger partial charge >= 0.3 is 0 Å². The first kappa shape index (κ1) is 20.1. The number of nitriles is 1. The Kier molecular flexibility index (Phi) is 6.65. The molecule has 2 aromatic rings. The summed E-state index contributed by atoms with van der Waals surface area (Å²) >= 11 is 0. The molecule has 0 saturated heterocycles. The van der Waals surface area contributed by atoms with E-state index in [0.717, 1.165) is 0 Å². The number of carbonyl (C=O) groups excluding carboxylic acids is 2. The van der Waals surface area contributed by atoms with Gasteiger partial charge in [-0.2, -0.15) is 5.26 Å². The SMILES string of the molecule is N#CCCNS(=O)(=O)c1ccc(C(=O)NC(C(N)=O)c2ccccc2)cc1. The number of primary amides is 1. The molecule has 0 aliphatic heterocycles. The summed E-state index contributed by atoms with van der Waals surface area (Å²) < 4.78 is 26.4. The number of hydrogen-bond acceptors (Lipinski definition) is 5. The molecule has 0 saturated carbocycles. The van der Waals surface area contributed by atoms with Gasteiger partial charge in [-0.05, 0) is 29.8 Å². The fraction of sp³-hybridized carbons (Fsp3) is 0.167. The van der Waals surface area contributed by atoms with Crippen LogP contribution in [0.5, 0.6) is 0 Å². The zero-order valence-corrected chi connectivity index (χ0v) is 15.1. The van der Waals surface area contributed by atoms with E-state index in [2.05, 4.69) is 10.0 Å². The third-order valence-electron chi connectivity index (χ3n) is 3.65. The van der Waals surface area contributed by atoms with Crippen LogP contribution in [0.3, 0.4) is 0 Å². The van der Waals surface area contributed by atoms with E-state index in [1.807, 2.05) is 6.07 Å². The normalized spacial score (nSPS) is 12.0. The summed E-state index contributed by atoms with van der Waals surface area (Å²) in [7, 11) is -3.76. The molecule has 0 heterocycles. The Bertz CT molecular complexity index is 951. The first-order valence-electron chi connectivity index (χ1n) is 7.97. The van der Waals surface area contributed by atoms with Gasteiger partial charge in [0, 0.05) is 18.5 Å². The minimum absolute atomic E-state index is 0.00155. The van der Waals surface area contributed by atoms with Gasteiger partial charge in [-0.15, -0.1) is 0 Å². The summed E-state index contributed by atoms with van der Waals surface area (Å²) in [6, 6.07) is 14.6. The Morgan fingerprint density at radius 1 is 1.07 bits per heavy atom. The van der Waals surface area contributed by atoms with E-state index in [0.29, 0.717) is 5.56 Å². The standard InChI is InChI=1S/C18H18N4O4S/c19-11-4-12-21-27(25,26)15-9-7-14(8-10-15)18(24)22-16(17(20)23)13-5-2-1-3-6-13/h1-3,5-10,16,21H,4,12H2,(H2,20,23)(H,22,24). The zero-order valence-electron chi connectivity index (χ0n) is 14.3. The van der Waals surface area contributed by atoms with Gasteiger partial charge in [0.15, 0.2) is 0 Å². The van der Waals surface area contributed by atoms with Crippen LogP contribution in [0.2, 0.25) is 0 Å². The summed E-state index contributed by atoms with van der Waals surface area (Å²) in [6.07, 6.45) is 0.0493. The summed E-state index contributed by atoms with van der Waals surface area (Å²) in [5, 5.41) is 11.0. The summed E-state index contributed by atoms with van der Waals surface area (Å²) in [5.74, 6) is -1.28. The van der Waals surface area contributed by atoms with Crippen LogP contribution in [0.25, 0.3) is 0 Å². The highest BCUT2D eigenvalue weighted by molar-refractivity contribution is 7.89. The number of hydrogen-bond donors (Lipinski definition) is 3. The minimum atomic E-state index is -3.76. The van der Waals surface area contributed by atoms with Gasteiger partial charge < -0.3 is 11.1 Å². The predicted octanol–water partition coefficient (Wildman–Crippen LogP) is 0.835. The van der Waals surface area contributed by atoms with Crippen molar-refractivity contribution in [1.29, 1.82) is 5.26 Å². The fourth-order valence-corrected chi connectivity index (χ4v) is 3.32. The number of nitrogens with zero attached hydrogens (tertiary/aromatic N) is 1. The Morgan fingerprint density at radius 2 is 1.70 bits per heavy atom. The maximum atomic E-state index is 12.4. The van der Waals surface area contributed by atoms with Gasteiger partial charge in [0.1, 0.15) is 6.04 Å². The van der Waals surface area contributed by atoms with Crippen LogP contribution in [-0.2, 0) is 14.8 Å². The van der Waals surface area contributed by atoms with Crippen molar-refractivity contribution in [2.45, 2.75) is 17.4 Å². The molecule has 0 radical (unpaired) electrons. The molecule has 0 aliphatic rings. The summed E-state index contributed by atoms with van der Waals surface area (Å²) in [5.41, 5.74) is 6.09. The largest absolute Gasteiger partial charge is 0.368 e. The maximum absolute atomic E-state index is 12.4. The molecule has 0 fully saturated rings. The van der Waals surface area contributed by atoms with Crippen molar-refractivity contribution in [2.75, 3.05) is 6.54 Å². The lowest BCUT2D eigenvalue weighted by atomic mass is 10.1. The maximum Gasteiger partial charge on any atom is 0.252 e. The van der Waals surface area contributed by atoms with Gasteiger partial charge in [-0.3, -0.25) is 9.59 Å². The molecule has 0 aromatic heterocycles. The molecule has 27 heavy (non-hydrogen) atoms. The van der Waals surface area contributed by atoms with Crippen LogP contribution >= 0.6 is 0 Å². The molecule has 140 valence electrons. The molecule has 4 N–H and O–H groups in total. The average molecular weight is 386 g/mol. The van der Waals surface area contributed by atoms with Crippen molar-refractivity contribution in [3.05, 3.63) is 65.7 Å². The van der Waals surface area contributed by atoms with Crippen molar-refractivity contribution in [3.8, 4) is 6.07 Å². The van der Waals surface area contributed by atoms with Crippen molar-refractivity contribution < 1.29 is 18.0 Å². The van der Waals surface area contributed by atoms with E-state index >= 15 is 0 Å². The molecular weight excluding hydrogens is 368 g/mol. The third-order valence-corrected chi connectivity index (χ3v) is 5.13. The molecule has 2 aromatic carbocycles. The number of amides is 2. The third kappa shape index (κ3) is 5.37. The topological polar surface area (TPSA) is 142 Å². The summed E-state index contributed by atoms with van der Waals surface area (Å²) in [6.45, 7) is -0.00155. The molecule has 1 atom stereocenters. The van der Waals surface area contributed by atoms with Gasteiger partial charge in [0.25, 0.3) is 5.91 Å². The average Bonchev–Trinajstić information content (AvgIpc) is 2.66. The molecule has 1 unspecified atom stereocenters. The first-order chi connectivity index (χ1) is 12.8. The van der Waals surface area contributed by atoms with Crippen LogP contribution in [0.4, 0.5) is 0 Å². The summed E-state index contributed by atoms with van der Waals surface area (Å²) in [4.78, 5) is 24.0. The van der Waals surface area contributed by atoms with Crippen molar-refractivity contribution in [1.82, 2.24) is 10.0 Å². The van der Waals surface area contributed by atoms with Crippen molar-refractivity contribution >= 4 is 21.8 Å². The fourth-order valence-electron chi connectivity index (χ4n) is 2.29. The Morgan fingerprint density at radius 3 is 2.26 bits per heavy atom. The number of sulfonamides is 1. The molecular formula is C18H18N4O4S. The van der Waals surface area contributed by atoms with Gasteiger partial charge in [-0.25, -0.2) is 13.1 Å². The van der Waals surface area contributed by atoms with Gasteiger partial charge in [0.2, 0.25) is 15.9 Å². The lowest BCUT2D eigenvalue weighted by Gasteiger charge is -2.16. The number of carbonyl (C=O) groups is 2. The van der Waals surface area contributed by atoms with Crippen LogP contribution in [0.1, 0.15) is 28.4 Å². The van der Waals surface area contributed by atoms with Crippen LogP contribution in [-0.4, -0.2) is 26.8 Å². The minimum Gasteiger partial charge on any atom is -0.368 e. The second kappa shape index (κ2) is 8.93. The van der Waals surface area contributed by atoms with Gasteiger partial charge in [0.05, 0.1) is 11.0 Å². The molecule has 0 bridgehead atoms. The molecule has 0 aliphatic carbocycles. The monoisotopic (exact) mass is 386 g/mol. The second-order valence-corrected chi connectivity index (χ2v) is 7.32. The lowest BCUT2D eigenvalue weighted by Crippen LogP contribution is -2.37. The van der Waals surface area contributed by atoms with Crippen LogP contribution < -0.4 is 15.8 Å². The number of nitrogens with two attached hydrogens (primary N) is 1. The van der Waals surface area contributed by atoms with Gasteiger partial charge in [-0.1, -0.05) is 30.3 Å². The molecule has 0 spiro atoms.